The molecule has 0 fully saturated rings. The second-order valence-corrected chi connectivity index (χ2v) is 7.73. The summed E-state index contributed by atoms with van der Waals surface area (Å²) < 4.78 is 7.54. The molecule has 4 rings (SSSR count). The number of Topliss-reactive ketones (excluding diaryl/α,β-unsaturated/α-hetero) is 1. The number of fused-ring (bicyclic) bond motifs is 1. The number of ether oxygens (including phenoxy) is 1. The van der Waals surface area contributed by atoms with E-state index in [9.17, 15) is 4.79 Å². The lowest BCUT2D eigenvalue weighted by atomic mass is 9.76. The van der Waals surface area contributed by atoms with Gasteiger partial charge in [0.1, 0.15) is 5.75 Å². The van der Waals surface area contributed by atoms with Crippen molar-refractivity contribution in [3.05, 3.63) is 71.9 Å². The number of rotatable bonds is 3. The predicted octanol–water partition coefficient (Wildman–Crippen LogP) is 5.31. The van der Waals surface area contributed by atoms with Crippen LogP contribution in [0.4, 0.5) is 0 Å². The van der Waals surface area contributed by atoms with Gasteiger partial charge in [-0.1, -0.05) is 44.2 Å². The van der Waals surface area contributed by atoms with Crippen LogP contribution in [0.15, 0.2) is 60.7 Å². The number of carbonyl (C=O) groups excluding carboxylic acids is 1. The average Bonchev–Trinajstić information content (AvgIpc) is 3.01. The number of nitrogens with zero attached hydrogens (tertiary/aromatic N) is 1. The topological polar surface area (TPSA) is 31.2 Å². The molecule has 0 amide bonds. The third kappa shape index (κ3) is 2.84. The van der Waals surface area contributed by atoms with Gasteiger partial charge in [-0.15, -0.1) is 0 Å². The van der Waals surface area contributed by atoms with Crippen LogP contribution in [0.3, 0.4) is 0 Å². The molecule has 1 aromatic heterocycles. The van der Waals surface area contributed by atoms with Crippen molar-refractivity contribution in [2.45, 2.75) is 26.7 Å². The Bertz CT molecular complexity index is 950. The van der Waals surface area contributed by atoms with Gasteiger partial charge in [0.25, 0.3) is 0 Å². The Kier molecular flexibility index (Phi) is 3.95. The van der Waals surface area contributed by atoms with Gasteiger partial charge in [-0.2, -0.15) is 0 Å². The number of carbonyl (C=O) groups is 1. The number of benzene rings is 2. The molecule has 26 heavy (non-hydrogen) atoms. The van der Waals surface area contributed by atoms with E-state index >= 15 is 0 Å². The Morgan fingerprint density at radius 1 is 0.962 bits per heavy atom. The first-order chi connectivity index (χ1) is 12.5. The van der Waals surface area contributed by atoms with Crippen molar-refractivity contribution in [2.75, 3.05) is 7.11 Å². The van der Waals surface area contributed by atoms with Gasteiger partial charge in [-0.25, -0.2) is 0 Å². The van der Waals surface area contributed by atoms with Crippen molar-refractivity contribution in [1.29, 1.82) is 0 Å². The number of hydrogen-bond donors (Lipinski definition) is 0. The molecule has 0 spiro atoms. The summed E-state index contributed by atoms with van der Waals surface area (Å²) >= 11 is 0. The highest BCUT2D eigenvalue weighted by Crippen LogP contribution is 2.40. The van der Waals surface area contributed by atoms with Gasteiger partial charge in [-0.05, 0) is 47.7 Å². The molecule has 0 aliphatic heterocycles. The summed E-state index contributed by atoms with van der Waals surface area (Å²) in [5, 5.41) is 0. The maximum atomic E-state index is 12.8. The van der Waals surface area contributed by atoms with Gasteiger partial charge in [0.05, 0.1) is 12.8 Å². The summed E-state index contributed by atoms with van der Waals surface area (Å²) in [5.41, 5.74) is 5.17. The minimum Gasteiger partial charge on any atom is -0.497 e. The van der Waals surface area contributed by atoms with Crippen LogP contribution in [0.25, 0.3) is 16.9 Å². The van der Waals surface area contributed by atoms with Crippen LogP contribution in [-0.4, -0.2) is 17.5 Å². The van der Waals surface area contributed by atoms with Crippen molar-refractivity contribution < 1.29 is 9.53 Å². The maximum Gasteiger partial charge on any atom is 0.165 e. The Morgan fingerprint density at radius 2 is 1.65 bits per heavy atom. The van der Waals surface area contributed by atoms with Crippen LogP contribution in [-0.2, 0) is 6.42 Å². The highest BCUT2D eigenvalue weighted by Gasteiger charge is 2.34. The lowest BCUT2D eigenvalue weighted by Crippen LogP contribution is -2.27. The predicted molar refractivity (Wildman–Crippen MR) is 104 cm³/mol. The molecule has 3 heteroatoms. The molecular formula is C23H23NO2. The van der Waals surface area contributed by atoms with Gasteiger partial charge in [-0.3, -0.25) is 4.79 Å². The third-order valence-electron chi connectivity index (χ3n) is 5.09. The highest BCUT2D eigenvalue weighted by molar-refractivity contribution is 6.00. The van der Waals surface area contributed by atoms with E-state index in [0.717, 1.165) is 40.4 Å². The highest BCUT2D eigenvalue weighted by atomic mass is 16.5. The summed E-state index contributed by atoms with van der Waals surface area (Å²) in [6, 6.07) is 20.4. The van der Waals surface area contributed by atoms with Crippen LogP contribution < -0.4 is 4.74 Å². The van der Waals surface area contributed by atoms with Crippen molar-refractivity contribution in [3.63, 3.8) is 0 Å². The lowest BCUT2D eigenvalue weighted by molar-refractivity contribution is 0.0911. The Balaban J connectivity index is 1.96. The van der Waals surface area contributed by atoms with Crippen molar-refractivity contribution >= 4 is 5.78 Å². The van der Waals surface area contributed by atoms with E-state index in [1.54, 1.807) is 7.11 Å². The molecule has 1 heterocycles. The molecule has 132 valence electrons. The smallest absolute Gasteiger partial charge is 0.165 e. The molecular weight excluding hydrogens is 322 g/mol. The fourth-order valence-electron chi connectivity index (χ4n) is 3.86. The fourth-order valence-corrected chi connectivity index (χ4v) is 3.86. The van der Waals surface area contributed by atoms with Crippen LogP contribution >= 0.6 is 0 Å². The van der Waals surface area contributed by atoms with E-state index in [1.165, 1.54) is 0 Å². The molecule has 0 bridgehead atoms. The molecule has 1 aliphatic carbocycles. The Morgan fingerprint density at radius 3 is 2.31 bits per heavy atom. The minimum atomic E-state index is -0.0272. The standard InChI is InChI=1S/C23H23NO2/c1-23(2)14-21-19(22(25)15-23)13-20(16-7-5-4-6-8-16)24(21)17-9-11-18(26-3)12-10-17/h4-13H,14-15H2,1-3H3. The molecule has 3 aromatic rings. The monoisotopic (exact) mass is 345 g/mol. The Hall–Kier alpha value is -2.81. The van der Waals surface area contributed by atoms with Crippen molar-refractivity contribution in [3.8, 4) is 22.7 Å². The first-order valence-corrected chi connectivity index (χ1v) is 8.96. The first-order valence-electron chi connectivity index (χ1n) is 8.96. The molecule has 0 radical (unpaired) electrons. The number of hydrogen-bond acceptors (Lipinski definition) is 2. The minimum absolute atomic E-state index is 0.0272. The summed E-state index contributed by atoms with van der Waals surface area (Å²) in [4.78, 5) is 12.8. The van der Waals surface area contributed by atoms with Gasteiger partial charge in [0.15, 0.2) is 5.78 Å². The Labute approximate surface area is 154 Å². The maximum absolute atomic E-state index is 12.8. The van der Waals surface area contributed by atoms with Crippen LogP contribution in [0.1, 0.15) is 36.3 Å². The van der Waals surface area contributed by atoms with Gasteiger partial charge in [0.2, 0.25) is 0 Å². The van der Waals surface area contributed by atoms with E-state index in [-0.39, 0.29) is 11.2 Å². The third-order valence-corrected chi connectivity index (χ3v) is 5.09. The zero-order valence-corrected chi connectivity index (χ0v) is 15.5. The van der Waals surface area contributed by atoms with Crippen molar-refractivity contribution in [2.24, 2.45) is 5.41 Å². The summed E-state index contributed by atoms with van der Waals surface area (Å²) in [6.45, 7) is 4.34. The number of aromatic nitrogens is 1. The van der Waals surface area contributed by atoms with Gasteiger partial charge in [0, 0.05) is 23.4 Å². The van der Waals surface area contributed by atoms with Crippen molar-refractivity contribution in [1.82, 2.24) is 4.57 Å². The van der Waals surface area contributed by atoms with E-state index in [4.69, 9.17) is 4.74 Å². The van der Waals surface area contributed by atoms with Crippen LogP contribution in [0, 0.1) is 5.41 Å². The zero-order valence-electron chi connectivity index (χ0n) is 15.5. The molecule has 1 aliphatic rings. The molecule has 0 N–H and O–H groups in total. The van der Waals surface area contributed by atoms with E-state index in [1.807, 2.05) is 30.3 Å². The zero-order chi connectivity index (χ0) is 18.3. The SMILES string of the molecule is COc1ccc(-n2c(-c3ccccc3)cc3c2CC(C)(C)CC3=O)cc1. The summed E-state index contributed by atoms with van der Waals surface area (Å²) in [6.07, 6.45) is 1.48. The van der Waals surface area contributed by atoms with E-state index in [0.29, 0.717) is 6.42 Å². The largest absolute Gasteiger partial charge is 0.497 e. The summed E-state index contributed by atoms with van der Waals surface area (Å²) in [5.74, 6) is 1.06. The molecule has 0 atom stereocenters. The molecule has 0 unspecified atom stereocenters. The molecule has 0 saturated carbocycles. The quantitative estimate of drug-likeness (QED) is 0.644. The van der Waals surface area contributed by atoms with E-state index in [2.05, 4.69) is 48.7 Å². The molecule has 2 aromatic carbocycles. The second-order valence-electron chi connectivity index (χ2n) is 7.73. The summed E-state index contributed by atoms with van der Waals surface area (Å²) in [7, 11) is 1.67. The normalized spacial score (nSPS) is 15.6. The van der Waals surface area contributed by atoms with Crippen LogP contribution in [0.2, 0.25) is 0 Å². The van der Waals surface area contributed by atoms with Gasteiger partial charge < -0.3 is 9.30 Å². The van der Waals surface area contributed by atoms with E-state index < -0.39 is 0 Å². The van der Waals surface area contributed by atoms with Gasteiger partial charge >= 0.3 is 0 Å². The lowest BCUT2D eigenvalue weighted by Gasteiger charge is -2.30. The number of ketones is 1. The number of methoxy groups -OCH3 is 1. The average molecular weight is 345 g/mol. The second kappa shape index (κ2) is 6.17. The van der Waals surface area contributed by atoms with Crippen LogP contribution in [0.5, 0.6) is 5.75 Å². The molecule has 0 saturated heterocycles. The fraction of sp³-hybridized carbons (Fsp3) is 0.261. The molecule has 3 nitrogen and oxygen atoms in total. The first kappa shape index (κ1) is 16.6.